The minimum atomic E-state index is -0.674. The van der Waals surface area contributed by atoms with Crippen molar-refractivity contribution in [3.05, 3.63) is 51.5 Å². The number of carbonyl (C=O) groups is 4. The molecule has 0 atom stereocenters. The Labute approximate surface area is 158 Å². The number of amides is 3. The van der Waals surface area contributed by atoms with Gasteiger partial charge in [-0.1, -0.05) is 0 Å². The van der Waals surface area contributed by atoms with Crippen molar-refractivity contribution < 1.29 is 23.9 Å². The number of ether oxygens (including phenoxy) is 1. The lowest BCUT2D eigenvalue weighted by molar-refractivity contribution is -0.142. The van der Waals surface area contributed by atoms with Crippen LogP contribution in [0.1, 0.15) is 31.4 Å². The summed E-state index contributed by atoms with van der Waals surface area (Å²) in [6, 6.07) is 4.40. The zero-order chi connectivity index (χ0) is 19.6. The number of aryl methyl sites for hydroxylation is 1. The molecule has 0 spiro atoms. The smallest absolute Gasteiger partial charge is 0.331 e. The number of hydrogen-bond acceptors (Lipinski definition) is 7. The molecule has 9 heteroatoms. The van der Waals surface area contributed by atoms with Crippen molar-refractivity contribution in [1.29, 1.82) is 0 Å². The van der Waals surface area contributed by atoms with Gasteiger partial charge in [-0.2, -0.15) is 0 Å². The van der Waals surface area contributed by atoms with E-state index < -0.39 is 24.4 Å². The summed E-state index contributed by atoms with van der Waals surface area (Å²) in [4.78, 5) is 52.5. The first kappa shape index (κ1) is 18.5. The highest BCUT2D eigenvalue weighted by Crippen LogP contribution is 2.24. The number of carbonyl (C=O) groups excluding carboxylic acids is 4. The van der Waals surface area contributed by atoms with Gasteiger partial charge in [0.25, 0.3) is 17.7 Å². The van der Waals surface area contributed by atoms with Crippen LogP contribution in [-0.2, 0) is 14.3 Å². The molecule has 1 aromatic carbocycles. The molecule has 1 N–H and O–H groups in total. The van der Waals surface area contributed by atoms with E-state index in [4.69, 9.17) is 4.74 Å². The Balaban J connectivity index is 1.54. The zero-order valence-electron chi connectivity index (χ0n) is 14.5. The molecule has 1 aliphatic rings. The van der Waals surface area contributed by atoms with Crippen molar-refractivity contribution in [1.82, 2.24) is 9.88 Å². The summed E-state index contributed by atoms with van der Waals surface area (Å²) >= 11 is 1.46. The summed E-state index contributed by atoms with van der Waals surface area (Å²) in [5, 5.41) is 5.19. The number of hydrogen-bond donors (Lipinski definition) is 1. The molecule has 0 radical (unpaired) electrons. The number of thiazole rings is 1. The summed E-state index contributed by atoms with van der Waals surface area (Å²) in [6.45, 7) is 1.37. The standard InChI is InChI=1S/C18H15N3O5S/c1-10-19-12(9-27-10)4-6-16(23)26-8-15(22)20-11-3-5-13-14(7-11)18(25)21(2)17(13)24/h3-7,9H,8H2,1-2H3,(H,20,22)/b6-4+. The van der Waals surface area contributed by atoms with E-state index in [0.29, 0.717) is 11.4 Å². The van der Waals surface area contributed by atoms with Gasteiger partial charge in [-0.15, -0.1) is 11.3 Å². The molecular formula is C18H15N3O5S. The average molecular weight is 385 g/mol. The fraction of sp³-hybridized carbons (Fsp3) is 0.167. The zero-order valence-corrected chi connectivity index (χ0v) is 15.3. The van der Waals surface area contributed by atoms with E-state index >= 15 is 0 Å². The average Bonchev–Trinajstić information content (AvgIpc) is 3.15. The number of aromatic nitrogens is 1. The van der Waals surface area contributed by atoms with E-state index in [2.05, 4.69) is 10.3 Å². The quantitative estimate of drug-likeness (QED) is 0.479. The molecule has 27 heavy (non-hydrogen) atoms. The molecule has 3 amide bonds. The number of nitrogens with zero attached hydrogens (tertiary/aromatic N) is 2. The highest BCUT2D eigenvalue weighted by molar-refractivity contribution is 7.09. The van der Waals surface area contributed by atoms with Crippen molar-refractivity contribution in [2.75, 3.05) is 19.0 Å². The van der Waals surface area contributed by atoms with Crippen LogP contribution < -0.4 is 5.32 Å². The number of fused-ring (bicyclic) bond motifs is 1. The highest BCUT2D eigenvalue weighted by Gasteiger charge is 2.32. The normalized spacial score (nSPS) is 13.2. The van der Waals surface area contributed by atoms with Crippen LogP contribution in [0, 0.1) is 6.92 Å². The van der Waals surface area contributed by atoms with Gasteiger partial charge in [0.05, 0.1) is 21.8 Å². The molecule has 0 saturated carbocycles. The molecule has 0 fully saturated rings. The van der Waals surface area contributed by atoms with Crippen LogP contribution in [0.5, 0.6) is 0 Å². The number of nitrogens with one attached hydrogen (secondary N) is 1. The van der Waals surface area contributed by atoms with Crippen LogP contribution >= 0.6 is 11.3 Å². The van der Waals surface area contributed by atoms with Crippen LogP contribution in [-0.4, -0.2) is 47.2 Å². The summed E-state index contributed by atoms with van der Waals surface area (Å²) in [5.41, 5.74) is 1.48. The Morgan fingerprint density at radius 2 is 2.00 bits per heavy atom. The molecule has 138 valence electrons. The first-order valence-corrected chi connectivity index (χ1v) is 8.76. The van der Waals surface area contributed by atoms with Gasteiger partial charge in [0.1, 0.15) is 0 Å². The second kappa shape index (κ2) is 7.50. The van der Waals surface area contributed by atoms with Gasteiger partial charge >= 0.3 is 5.97 Å². The van der Waals surface area contributed by atoms with Gasteiger partial charge in [0.15, 0.2) is 6.61 Å². The Morgan fingerprint density at radius 3 is 2.70 bits per heavy atom. The van der Waals surface area contributed by atoms with Crippen LogP contribution in [0.4, 0.5) is 5.69 Å². The van der Waals surface area contributed by atoms with Gasteiger partial charge in [-0.05, 0) is 31.2 Å². The molecule has 1 aliphatic heterocycles. The third-order valence-electron chi connectivity index (χ3n) is 3.75. The van der Waals surface area contributed by atoms with Gasteiger partial charge < -0.3 is 10.1 Å². The van der Waals surface area contributed by atoms with Crippen molar-refractivity contribution >= 4 is 46.8 Å². The molecular weight excluding hydrogens is 370 g/mol. The van der Waals surface area contributed by atoms with Gasteiger partial charge in [-0.25, -0.2) is 9.78 Å². The summed E-state index contributed by atoms with van der Waals surface area (Å²) < 4.78 is 4.86. The third-order valence-corrected chi connectivity index (χ3v) is 4.54. The van der Waals surface area contributed by atoms with E-state index in [1.54, 1.807) is 5.38 Å². The number of benzene rings is 1. The van der Waals surface area contributed by atoms with E-state index in [0.717, 1.165) is 9.91 Å². The van der Waals surface area contributed by atoms with Gasteiger partial charge in [0.2, 0.25) is 0 Å². The first-order valence-electron chi connectivity index (χ1n) is 7.88. The first-order chi connectivity index (χ1) is 12.8. The summed E-state index contributed by atoms with van der Waals surface area (Å²) in [6.07, 6.45) is 2.70. The van der Waals surface area contributed by atoms with Crippen LogP contribution in [0.25, 0.3) is 6.08 Å². The lowest BCUT2D eigenvalue weighted by Gasteiger charge is -2.06. The molecule has 1 aromatic heterocycles. The molecule has 0 saturated heterocycles. The Bertz CT molecular complexity index is 979. The van der Waals surface area contributed by atoms with Crippen LogP contribution in [0.3, 0.4) is 0 Å². The lowest BCUT2D eigenvalue weighted by atomic mass is 10.1. The van der Waals surface area contributed by atoms with E-state index in [1.807, 2.05) is 6.92 Å². The summed E-state index contributed by atoms with van der Waals surface area (Å²) in [5.74, 6) is -2.05. The maximum Gasteiger partial charge on any atom is 0.331 e. The SMILES string of the molecule is Cc1nc(/C=C/C(=O)OCC(=O)Nc2ccc3c(c2)C(=O)N(C)C3=O)cs1. The highest BCUT2D eigenvalue weighted by atomic mass is 32.1. The molecule has 2 aromatic rings. The monoisotopic (exact) mass is 385 g/mol. The van der Waals surface area contributed by atoms with Crippen LogP contribution in [0.2, 0.25) is 0 Å². The number of rotatable bonds is 5. The number of esters is 1. The Morgan fingerprint density at radius 1 is 1.26 bits per heavy atom. The lowest BCUT2D eigenvalue weighted by Crippen LogP contribution is -2.24. The topological polar surface area (TPSA) is 106 Å². The van der Waals surface area contributed by atoms with Crippen LogP contribution in [0.15, 0.2) is 29.7 Å². The molecule has 0 bridgehead atoms. The second-order valence-corrected chi connectivity index (χ2v) is 6.77. The van der Waals surface area contributed by atoms with E-state index in [9.17, 15) is 19.2 Å². The Hall–Kier alpha value is -3.33. The molecule has 3 rings (SSSR count). The largest absolute Gasteiger partial charge is 0.452 e. The van der Waals surface area contributed by atoms with Gasteiger partial charge in [-0.3, -0.25) is 19.3 Å². The van der Waals surface area contributed by atoms with Gasteiger partial charge in [0, 0.05) is 24.2 Å². The van der Waals surface area contributed by atoms with Crippen molar-refractivity contribution in [2.24, 2.45) is 0 Å². The maximum atomic E-state index is 12.0. The Kier molecular flexibility index (Phi) is 5.13. The number of anilines is 1. The fourth-order valence-electron chi connectivity index (χ4n) is 2.43. The van der Waals surface area contributed by atoms with E-state index in [1.165, 1.54) is 48.7 Å². The van der Waals surface area contributed by atoms with E-state index in [-0.39, 0.29) is 17.0 Å². The summed E-state index contributed by atoms with van der Waals surface area (Å²) in [7, 11) is 1.39. The molecule has 0 unspecified atom stereocenters. The predicted molar refractivity (Wildman–Crippen MR) is 98.3 cm³/mol. The molecule has 0 aliphatic carbocycles. The second-order valence-electron chi connectivity index (χ2n) is 5.71. The molecule has 2 heterocycles. The van der Waals surface area contributed by atoms with Crippen molar-refractivity contribution in [3.63, 3.8) is 0 Å². The molecule has 8 nitrogen and oxygen atoms in total. The minimum absolute atomic E-state index is 0.221. The van der Waals surface area contributed by atoms with Crippen molar-refractivity contribution in [3.8, 4) is 0 Å². The number of imide groups is 1. The predicted octanol–water partition coefficient (Wildman–Crippen LogP) is 1.87. The minimum Gasteiger partial charge on any atom is -0.452 e. The third kappa shape index (κ3) is 4.09. The fourth-order valence-corrected chi connectivity index (χ4v) is 3.01. The van der Waals surface area contributed by atoms with Crippen molar-refractivity contribution in [2.45, 2.75) is 6.92 Å². The maximum absolute atomic E-state index is 12.0.